The van der Waals surface area contributed by atoms with Gasteiger partial charge in [0.05, 0.1) is 7.11 Å². The number of aliphatic hydroxyl groups is 1. The Morgan fingerprint density at radius 2 is 1.83 bits per heavy atom. The molecule has 0 saturated heterocycles. The van der Waals surface area contributed by atoms with E-state index in [-0.39, 0.29) is 5.56 Å². The molecule has 0 aromatic heterocycles. The first kappa shape index (κ1) is 12.5. The van der Waals surface area contributed by atoms with Crippen molar-refractivity contribution < 1.29 is 18.6 Å². The Hall–Kier alpha value is -1.94. The van der Waals surface area contributed by atoms with Crippen LogP contribution in [0.2, 0.25) is 0 Å². The highest BCUT2D eigenvalue weighted by Crippen LogP contribution is 2.27. The zero-order chi connectivity index (χ0) is 13.1. The number of aliphatic hydroxyl groups excluding tert-OH is 1. The molecular formula is C14H12F2O2. The fourth-order valence-corrected chi connectivity index (χ4v) is 1.72. The molecule has 0 bridgehead atoms. The van der Waals surface area contributed by atoms with Gasteiger partial charge in [0.15, 0.2) is 11.6 Å². The number of hydrogen-bond donors (Lipinski definition) is 1. The van der Waals surface area contributed by atoms with Gasteiger partial charge in [0.1, 0.15) is 11.9 Å². The first-order valence-corrected chi connectivity index (χ1v) is 5.39. The molecule has 0 aliphatic rings. The lowest BCUT2D eigenvalue weighted by Crippen LogP contribution is -2.04. The Morgan fingerprint density at radius 3 is 2.56 bits per heavy atom. The molecule has 1 N–H and O–H groups in total. The van der Waals surface area contributed by atoms with Crippen LogP contribution in [0.5, 0.6) is 5.75 Å². The third-order valence-corrected chi connectivity index (χ3v) is 2.69. The Morgan fingerprint density at radius 1 is 1.11 bits per heavy atom. The van der Waals surface area contributed by atoms with E-state index in [1.807, 2.05) is 0 Å². The predicted octanol–water partition coefficient (Wildman–Crippen LogP) is 3.06. The van der Waals surface area contributed by atoms with Crippen molar-refractivity contribution in [2.24, 2.45) is 0 Å². The summed E-state index contributed by atoms with van der Waals surface area (Å²) in [5.74, 6) is -1.47. The highest BCUT2D eigenvalue weighted by molar-refractivity contribution is 5.36. The first-order valence-electron chi connectivity index (χ1n) is 5.39. The van der Waals surface area contributed by atoms with Crippen molar-refractivity contribution in [2.45, 2.75) is 6.10 Å². The molecule has 94 valence electrons. The summed E-state index contributed by atoms with van der Waals surface area (Å²) in [7, 11) is 1.49. The molecular weight excluding hydrogens is 238 g/mol. The van der Waals surface area contributed by atoms with Crippen molar-refractivity contribution in [3.63, 3.8) is 0 Å². The number of ether oxygens (including phenoxy) is 1. The topological polar surface area (TPSA) is 29.5 Å². The lowest BCUT2D eigenvalue weighted by Gasteiger charge is -2.13. The van der Waals surface area contributed by atoms with Crippen LogP contribution in [0.1, 0.15) is 17.2 Å². The molecule has 4 heteroatoms. The van der Waals surface area contributed by atoms with Crippen LogP contribution in [0.15, 0.2) is 42.5 Å². The lowest BCUT2D eigenvalue weighted by molar-refractivity contribution is 0.213. The van der Waals surface area contributed by atoms with E-state index < -0.39 is 17.7 Å². The number of benzene rings is 2. The van der Waals surface area contributed by atoms with Crippen LogP contribution in [-0.2, 0) is 0 Å². The van der Waals surface area contributed by atoms with Crippen LogP contribution in [0.25, 0.3) is 0 Å². The zero-order valence-corrected chi connectivity index (χ0v) is 9.73. The first-order chi connectivity index (χ1) is 8.63. The molecule has 0 aliphatic carbocycles. The van der Waals surface area contributed by atoms with Crippen molar-refractivity contribution in [2.75, 3.05) is 7.11 Å². The maximum Gasteiger partial charge on any atom is 0.164 e. The van der Waals surface area contributed by atoms with Crippen LogP contribution >= 0.6 is 0 Å². The second-order valence-electron chi connectivity index (χ2n) is 3.82. The molecule has 0 saturated carbocycles. The Balaban J connectivity index is 2.41. The monoisotopic (exact) mass is 250 g/mol. The SMILES string of the molecule is COc1cccc(C(O)c2cccc(F)c2F)c1. The van der Waals surface area contributed by atoms with Gasteiger partial charge in [-0.05, 0) is 23.8 Å². The summed E-state index contributed by atoms with van der Waals surface area (Å²) in [5.41, 5.74) is 0.349. The van der Waals surface area contributed by atoms with Crippen LogP contribution in [0, 0.1) is 11.6 Å². The summed E-state index contributed by atoms with van der Waals surface area (Å²) in [6, 6.07) is 10.3. The summed E-state index contributed by atoms with van der Waals surface area (Å²) >= 11 is 0. The minimum atomic E-state index is -1.23. The maximum absolute atomic E-state index is 13.6. The second kappa shape index (κ2) is 5.14. The van der Waals surface area contributed by atoms with Crippen molar-refractivity contribution in [1.82, 2.24) is 0 Å². The average Bonchev–Trinajstić information content (AvgIpc) is 2.41. The van der Waals surface area contributed by atoms with E-state index in [0.29, 0.717) is 11.3 Å². The highest BCUT2D eigenvalue weighted by atomic mass is 19.2. The van der Waals surface area contributed by atoms with Gasteiger partial charge in [-0.15, -0.1) is 0 Å². The molecule has 2 nitrogen and oxygen atoms in total. The largest absolute Gasteiger partial charge is 0.497 e. The van der Waals surface area contributed by atoms with Gasteiger partial charge in [0.2, 0.25) is 0 Å². The van der Waals surface area contributed by atoms with E-state index >= 15 is 0 Å². The number of rotatable bonds is 3. The van der Waals surface area contributed by atoms with Crippen LogP contribution < -0.4 is 4.74 Å². The Labute approximate surface area is 103 Å². The minimum Gasteiger partial charge on any atom is -0.497 e. The van der Waals surface area contributed by atoms with E-state index in [1.54, 1.807) is 24.3 Å². The van der Waals surface area contributed by atoms with Crippen molar-refractivity contribution in [3.8, 4) is 5.75 Å². The van der Waals surface area contributed by atoms with E-state index in [2.05, 4.69) is 0 Å². The lowest BCUT2D eigenvalue weighted by atomic mass is 10.0. The Kier molecular flexibility index (Phi) is 3.58. The van der Waals surface area contributed by atoms with E-state index in [4.69, 9.17) is 4.74 Å². The third kappa shape index (κ3) is 2.33. The fourth-order valence-electron chi connectivity index (χ4n) is 1.72. The highest BCUT2D eigenvalue weighted by Gasteiger charge is 2.17. The van der Waals surface area contributed by atoms with Gasteiger partial charge < -0.3 is 9.84 Å². The third-order valence-electron chi connectivity index (χ3n) is 2.69. The summed E-state index contributed by atoms with van der Waals surface area (Å²) in [4.78, 5) is 0. The normalized spacial score (nSPS) is 12.2. The van der Waals surface area contributed by atoms with Crippen molar-refractivity contribution in [1.29, 1.82) is 0 Å². The molecule has 2 aromatic carbocycles. The molecule has 0 spiro atoms. The summed E-state index contributed by atoms with van der Waals surface area (Å²) < 4.78 is 31.7. The maximum atomic E-state index is 13.6. The van der Waals surface area contributed by atoms with Gasteiger partial charge in [0, 0.05) is 5.56 Å². The van der Waals surface area contributed by atoms with Crippen LogP contribution in [0.3, 0.4) is 0 Å². The smallest absolute Gasteiger partial charge is 0.164 e. The van der Waals surface area contributed by atoms with Gasteiger partial charge in [-0.3, -0.25) is 0 Å². The molecule has 0 amide bonds. The molecule has 0 fully saturated rings. The van der Waals surface area contributed by atoms with E-state index in [9.17, 15) is 13.9 Å². The quantitative estimate of drug-likeness (QED) is 0.907. The van der Waals surface area contributed by atoms with E-state index in [1.165, 1.54) is 19.2 Å². The Bertz CT molecular complexity index is 555. The molecule has 0 heterocycles. The van der Waals surface area contributed by atoms with Gasteiger partial charge in [-0.25, -0.2) is 8.78 Å². The zero-order valence-electron chi connectivity index (χ0n) is 9.73. The van der Waals surface area contributed by atoms with Crippen molar-refractivity contribution in [3.05, 3.63) is 65.2 Å². The van der Waals surface area contributed by atoms with Gasteiger partial charge in [-0.2, -0.15) is 0 Å². The standard InChI is InChI=1S/C14H12F2O2/c1-18-10-5-2-4-9(8-10)14(17)11-6-3-7-12(15)13(11)16/h2-8,14,17H,1H3. The van der Waals surface area contributed by atoms with Crippen molar-refractivity contribution >= 4 is 0 Å². The van der Waals surface area contributed by atoms with E-state index in [0.717, 1.165) is 6.07 Å². The van der Waals surface area contributed by atoms with Crippen LogP contribution in [-0.4, -0.2) is 12.2 Å². The summed E-state index contributed by atoms with van der Waals surface area (Å²) in [6.07, 6.45) is -1.23. The second-order valence-corrected chi connectivity index (χ2v) is 3.82. The summed E-state index contributed by atoms with van der Waals surface area (Å²) in [5, 5.41) is 10.1. The minimum absolute atomic E-state index is 0.0942. The molecule has 0 radical (unpaired) electrons. The number of hydrogen-bond acceptors (Lipinski definition) is 2. The molecule has 0 aliphatic heterocycles. The van der Waals surface area contributed by atoms with Gasteiger partial charge in [-0.1, -0.05) is 24.3 Å². The molecule has 1 atom stereocenters. The molecule has 18 heavy (non-hydrogen) atoms. The van der Waals surface area contributed by atoms with Gasteiger partial charge in [0.25, 0.3) is 0 Å². The summed E-state index contributed by atoms with van der Waals surface area (Å²) in [6.45, 7) is 0. The average molecular weight is 250 g/mol. The van der Waals surface area contributed by atoms with Crippen LogP contribution in [0.4, 0.5) is 8.78 Å². The van der Waals surface area contributed by atoms with Gasteiger partial charge >= 0.3 is 0 Å². The molecule has 2 rings (SSSR count). The number of methoxy groups -OCH3 is 1. The molecule has 2 aromatic rings. The number of halogens is 2. The molecule has 1 unspecified atom stereocenters. The predicted molar refractivity (Wildman–Crippen MR) is 63.4 cm³/mol. The fraction of sp³-hybridized carbons (Fsp3) is 0.143.